The van der Waals surface area contributed by atoms with Crippen LogP contribution in [0.3, 0.4) is 0 Å². The van der Waals surface area contributed by atoms with Gasteiger partial charge in [0.1, 0.15) is 11.0 Å². The van der Waals surface area contributed by atoms with Crippen molar-refractivity contribution in [3.05, 3.63) is 37.8 Å². The molecular weight excluding hydrogens is 313 g/mol. The van der Waals surface area contributed by atoms with Gasteiger partial charge in [-0.15, -0.1) is 11.3 Å². The van der Waals surface area contributed by atoms with Crippen LogP contribution in [-0.2, 0) is 0 Å². The van der Waals surface area contributed by atoms with Gasteiger partial charge in [-0.25, -0.2) is 9.97 Å². The molecule has 0 spiro atoms. The maximum absolute atomic E-state index is 6.03. The van der Waals surface area contributed by atoms with Crippen LogP contribution in [0.5, 0.6) is 0 Å². The molecule has 0 radical (unpaired) electrons. The van der Waals surface area contributed by atoms with Gasteiger partial charge in [-0.3, -0.25) is 0 Å². The minimum atomic E-state index is 0.241. The monoisotopic (exact) mass is 321 g/mol. The van der Waals surface area contributed by atoms with Crippen LogP contribution < -0.4 is 5.32 Å². The second-order valence-corrected chi connectivity index (χ2v) is 5.84. The molecule has 1 atom stereocenters. The number of hydrogen-bond acceptors (Lipinski definition) is 4. The summed E-state index contributed by atoms with van der Waals surface area (Å²) in [4.78, 5) is 8.36. The third kappa shape index (κ3) is 3.26. The van der Waals surface area contributed by atoms with Crippen molar-refractivity contribution in [2.45, 2.75) is 12.8 Å². The van der Waals surface area contributed by atoms with Gasteiger partial charge in [0, 0.05) is 24.0 Å². The molecule has 0 fully saturated rings. The standard InChI is InChI=1S/C11H10Cl3N3S/c1-6(11-15-2-3-18-11)5-16-10-8(13)4-7(12)9(14)17-10/h2-4,6H,5H2,1H3,(H,16,17). The average molecular weight is 323 g/mol. The van der Waals surface area contributed by atoms with Crippen LogP contribution in [0.25, 0.3) is 0 Å². The molecule has 0 aliphatic carbocycles. The van der Waals surface area contributed by atoms with E-state index in [-0.39, 0.29) is 11.1 Å². The van der Waals surface area contributed by atoms with E-state index in [1.54, 1.807) is 23.6 Å². The Morgan fingerprint density at radius 2 is 2.11 bits per heavy atom. The van der Waals surface area contributed by atoms with Crippen molar-refractivity contribution in [2.24, 2.45) is 0 Å². The molecule has 0 bridgehead atoms. The lowest BCUT2D eigenvalue weighted by atomic mass is 10.2. The number of nitrogens with one attached hydrogen (secondary N) is 1. The Morgan fingerprint density at radius 3 is 2.78 bits per heavy atom. The smallest absolute Gasteiger partial charge is 0.150 e. The summed E-state index contributed by atoms with van der Waals surface area (Å²) in [6.45, 7) is 2.76. The van der Waals surface area contributed by atoms with E-state index in [0.717, 1.165) is 5.01 Å². The molecule has 0 amide bonds. The van der Waals surface area contributed by atoms with Crippen molar-refractivity contribution in [1.82, 2.24) is 9.97 Å². The Kier molecular flexibility index (Phi) is 4.67. The summed E-state index contributed by atoms with van der Waals surface area (Å²) in [5.74, 6) is 0.812. The number of rotatable bonds is 4. The van der Waals surface area contributed by atoms with Crippen molar-refractivity contribution in [3.8, 4) is 0 Å². The number of thiazole rings is 1. The highest BCUT2D eigenvalue weighted by Crippen LogP contribution is 2.29. The maximum Gasteiger partial charge on any atom is 0.150 e. The Hall–Kier alpha value is -0.550. The molecule has 0 aromatic carbocycles. The van der Waals surface area contributed by atoms with Gasteiger partial charge in [0.05, 0.1) is 15.1 Å². The average Bonchev–Trinajstić information content (AvgIpc) is 2.85. The molecule has 0 aliphatic rings. The van der Waals surface area contributed by atoms with Gasteiger partial charge in [-0.1, -0.05) is 41.7 Å². The van der Waals surface area contributed by atoms with Gasteiger partial charge in [-0.05, 0) is 6.07 Å². The van der Waals surface area contributed by atoms with E-state index in [9.17, 15) is 0 Å². The highest BCUT2D eigenvalue weighted by Gasteiger charge is 2.11. The molecule has 0 saturated carbocycles. The van der Waals surface area contributed by atoms with Crippen LogP contribution >= 0.6 is 46.1 Å². The first-order chi connectivity index (χ1) is 8.58. The number of anilines is 1. The number of nitrogens with zero attached hydrogens (tertiary/aromatic N) is 2. The molecule has 1 N–H and O–H groups in total. The first-order valence-corrected chi connectivity index (χ1v) is 7.24. The highest BCUT2D eigenvalue weighted by atomic mass is 35.5. The van der Waals surface area contributed by atoms with E-state index in [2.05, 4.69) is 22.2 Å². The molecule has 1 unspecified atom stereocenters. The number of hydrogen-bond donors (Lipinski definition) is 1. The summed E-state index contributed by atoms with van der Waals surface area (Å²) in [6.07, 6.45) is 1.79. The van der Waals surface area contributed by atoms with Crippen LogP contribution in [0, 0.1) is 0 Å². The number of pyridine rings is 1. The molecule has 2 aromatic heterocycles. The predicted molar refractivity (Wildman–Crippen MR) is 78.3 cm³/mol. The fourth-order valence-electron chi connectivity index (χ4n) is 1.38. The quantitative estimate of drug-likeness (QED) is 0.828. The van der Waals surface area contributed by atoms with Crippen molar-refractivity contribution in [3.63, 3.8) is 0 Å². The van der Waals surface area contributed by atoms with E-state index in [4.69, 9.17) is 34.8 Å². The minimum absolute atomic E-state index is 0.241. The van der Waals surface area contributed by atoms with Crippen LogP contribution in [-0.4, -0.2) is 16.5 Å². The lowest BCUT2D eigenvalue weighted by Gasteiger charge is -2.12. The summed E-state index contributed by atoms with van der Waals surface area (Å²) < 4.78 is 0. The zero-order chi connectivity index (χ0) is 13.1. The third-order valence-electron chi connectivity index (χ3n) is 2.34. The van der Waals surface area contributed by atoms with Gasteiger partial charge < -0.3 is 5.32 Å². The number of aromatic nitrogens is 2. The Balaban J connectivity index is 2.04. The van der Waals surface area contributed by atoms with E-state index in [0.29, 0.717) is 22.4 Å². The molecule has 0 aliphatic heterocycles. The molecule has 2 rings (SSSR count). The lowest BCUT2D eigenvalue weighted by Crippen LogP contribution is -2.11. The zero-order valence-corrected chi connectivity index (χ0v) is 12.5. The van der Waals surface area contributed by atoms with Crippen molar-refractivity contribution < 1.29 is 0 Å². The Labute approximate surface area is 124 Å². The fourth-order valence-corrected chi connectivity index (χ4v) is 2.65. The molecule has 0 saturated heterocycles. The van der Waals surface area contributed by atoms with Gasteiger partial charge in [0.15, 0.2) is 0 Å². The molecule has 96 valence electrons. The zero-order valence-electron chi connectivity index (χ0n) is 9.45. The summed E-state index contributed by atoms with van der Waals surface area (Å²) >= 11 is 19.3. The topological polar surface area (TPSA) is 37.8 Å². The number of halogens is 3. The predicted octanol–water partition coefficient (Wildman–Crippen LogP) is 4.71. The Bertz CT molecular complexity index is 531. The minimum Gasteiger partial charge on any atom is -0.368 e. The molecule has 7 heteroatoms. The second kappa shape index (κ2) is 6.06. The molecule has 2 heterocycles. The van der Waals surface area contributed by atoms with E-state index >= 15 is 0 Å². The largest absolute Gasteiger partial charge is 0.368 e. The van der Waals surface area contributed by atoms with Crippen molar-refractivity contribution >= 4 is 52.0 Å². The summed E-state index contributed by atoms with van der Waals surface area (Å²) in [5.41, 5.74) is 0. The van der Waals surface area contributed by atoms with Gasteiger partial charge >= 0.3 is 0 Å². The molecule has 18 heavy (non-hydrogen) atoms. The van der Waals surface area contributed by atoms with Gasteiger partial charge in [0.2, 0.25) is 0 Å². The molecular formula is C11H10Cl3N3S. The van der Waals surface area contributed by atoms with Gasteiger partial charge in [-0.2, -0.15) is 0 Å². The highest BCUT2D eigenvalue weighted by molar-refractivity contribution is 7.09. The van der Waals surface area contributed by atoms with Crippen LogP contribution in [0.2, 0.25) is 15.2 Å². The van der Waals surface area contributed by atoms with Crippen molar-refractivity contribution in [2.75, 3.05) is 11.9 Å². The summed E-state index contributed by atoms with van der Waals surface area (Å²) in [6, 6.07) is 1.58. The Morgan fingerprint density at radius 1 is 1.33 bits per heavy atom. The summed E-state index contributed by atoms with van der Waals surface area (Å²) in [7, 11) is 0. The third-order valence-corrected chi connectivity index (χ3v) is 4.30. The van der Waals surface area contributed by atoms with Crippen LogP contribution in [0.4, 0.5) is 5.82 Å². The van der Waals surface area contributed by atoms with Gasteiger partial charge in [0.25, 0.3) is 0 Å². The second-order valence-electron chi connectivity index (χ2n) is 3.74. The first kappa shape index (κ1) is 13.9. The van der Waals surface area contributed by atoms with Crippen LogP contribution in [0.15, 0.2) is 17.6 Å². The SMILES string of the molecule is CC(CNc1nc(Cl)c(Cl)cc1Cl)c1nccs1. The normalized spacial score (nSPS) is 12.4. The summed E-state index contributed by atoms with van der Waals surface area (Å²) in [5, 5.41) is 7.22. The van der Waals surface area contributed by atoms with E-state index in [1.165, 1.54) is 0 Å². The van der Waals surface area contributed by atoms with Crippen LogP contribution in [0.1, 0.15) is 17.8 Å². The lowest BCUT2D eigenvalue weighted by molar-refractivity contribution is 0.792. The van der Waals surface area contributed by atoms with E-state index in [1.807, 2.05) is 5.38 Å². The van der Waals surface area contributed by atoms with Crippen molar-refractivity contribution in [1.29, 1.82) is 0 Å². The fraction of sp³-hybridized carbons (Fsp3) is 0.273. The van der Waals surface area contributed by atoms with E-state index < -0.39 is 0 Å². The molecule has 3 nitrogen and oxygen atoms in total. The molecule has 2 aromatic rings. The maximum atomic E-state index is 6.03. The first-order valence-electron chi connectivity index (χ1n) is 5.22.